The molecule has 0 bridgehead atoms. The first kappa shape index (κ1) is 18.1. The van der Waals surface area contributed by atoms with Crippen molar-refractivity contribution < 1.29 is 18.7 Å². The number of benzene rings is 2. The Balaban J connectivity index is 1.70. The summed E-state index contributed by atoms with van der Waals surface area (Å²) < 4.78 is 16.1. The van der Waals surface area contributed by atoms with Gasteiger partial charge < -0.3 is 13.9 Å². The van der Waals surface area contributed by atoms with Crippen molar-refractivity contribution >= 4 is 34.8 Å². The zero-order chi connectivity index (χ0) is 18.5. The maximum Gasteiger partial charge on any atom is 0.302 e. The fourth-order valence-electron chi connectivity index (χ4n) is 2.53. The number of hydrogen-bond donors (Lipinski definition) is 1. The van der Waals surface area contributed by atoms with Crippen LogP contribution >= 0.6 is 11.8 Å². The highest BCUT2D eigenvalue weighted by Gasteiger charge is 2.14. The Hall–Kier alpha value is -2.67. The number of oxazole rings is 1. The number of thioether (sulfide) groups is 1. The van der Waals surface area contributed by atoms with Crippen molar-refractivity contribution in [2.75, 3.05) is 25.3 Å². The van der Waals surface area contributed by atoms with Crippen LogP contribution in [0.2, 0.25) is 0 Å². The van der Waals surface area contributed by atoms with Crippen molar-refractivity contribution in [3.8, 4) is 11.5 Å². The van der Waals surface area contributed by atoms with E-state index in [1.54, 1.807) is 38.1 Å². The second kappa shape index (κ2) is 8.14. The van der Waals surface area contributed by atoms with Crippen LogP contribution in [0.3, 0.4) is 0 Å². The molecule has 0 fully saturated rings. The summed E-state index contributed by atoms with van der Waals surface area (Å²) >= 11 is 1.77. The van der Waals surface area contributed by atoms with E-state index in [0.29, 0.717) is 22.6 Å². The number of nitrogens with zero attached hydrogens (tertiary/aromatic N) is 1. The summed E-state index contributed by atoms with van der Waals surface area (Å²) in [5.74, 6) is 1.93. The van der Waals surface area contributed by atoms with Crippen LogP contribution in [0.4, 0.5) is 6.01 Å². The Kier molecular flexibility index (Phi) is 5.68. The van der Waals surface area contributed by atoms with Gasteiger partial charge in [-0.15, -0.1) is 11.8 Å². The number of methoxy groups -OCH3 is 2. The minimum absolute atomic E-state index is 0.151. The molecule has 0 aliphatic heterocycles. The Bertz CT molecular complexity index is 865. The summed E-state index contributed by atoms with van der Waals surface area (Å²) in [4.78, 5) is 17.7. The largest absolute Gasteiger partial charge is 0.493 e. The molecule has 6 nitrogen and oxygen atoms in total. The molecule has 7 heteroatoms. The number of carbonyl (C=O) groups is 1. The molecule has 26 heavy (non-hydrogen) atoms. The lowest BCUT2D eigenvalue weighted by Gasteiger charge is -2.05. The Labute approximate surface area is 155 Å². The van der Waals surface area contributed by atoms with Gasteiger partial charge in [-0.25, -0.2) is 0 Å². The molecule has 0 spiro atoms. The van der Waals surface area contributed by atoms with E-state index in [4.69, 9.17) is 13.9 Å². The summed E-state index contributed by atoms with van der Waals surface area (Å²) in [5, 5.41) is 2.69. The predicted octanol–water partition coefficient (Wildman–Crippen LogP) is 4.14. The average molecular weight is 372 g/mol. The van der Waals surface area contributed by atoms with Crippen molar-refractivity contribution in [3.63, 3.8) is 0 Å². The smallest absolute Gasteiger partial charge is 0.302 e. The van der Waals surface area contributed by atoms with Crippen LogP contribution in [0.1, 0.15) is 12.5 Å². The number of ether oxygens (including phenoxy) is 2. The highest BCUT2D eigenvalue weighted by Crippen LogP contribution is 2.33. The van der Waals surface area contributed by atoms with Crippen LogP contribution in [0.15, 0.2) is 45.7 Å². The van der Waals surface area contributed by atoms with Gasteiger partial charge in [-0.3, -0.25) is 10.1 Å². The number of rotatable bonds is 7. The molecule has 2 aromatic carbocycles. The molecule has 1 N–H and O–H groups in total. The van der Waals surface area contributed by atoms with E-state index in [9.17, 15) is 4.79 Å². The number of anilines is 1. The molecule has 3 aromatic rings. The molecule has 0 unspecified atom stereocenters. The van der Waals surface area contributed by atoms with E-state index in [1.165, 1.54) is 4.90 Å². The van der Waals surface area contributed by atoms with Gasteiger partial charge in [0.15, 0.2) is 17.1 Å². The first-order valence-corrected chi connectivity index (χ1v) is 9.15. The third-order valence-corrected chi connectivity index (χ3v) is 4.63. The number of fused-ring (bicyclic) bond motifs is 1. The SMILES string of the molecule is CCSc1ccc(CC(=O)Nc2nc3cc(OC)c(OC)cc3o2)cc1. The maximum absolute atomic E-state index is 12.2. The lowest BCUT2D eigenvalue weighted by Crippen LogP contribution is -2.14. The van der Waals surface area contributed by atoms with Gasteiger partial charge in [0.1, 0.15) is 5.52 Å². The highest BCUT2D eigenvalue weighted by atomic mass is 32.2. The first-order valence-electron chi connectivity index (χ1n) is 8.17. The van der Waals surface area contributed by atoms with E-state index in [0.717, 1.165) is 11.3 Å². The quantitative estimate of drug-likeness (QED) is 0.629. The van der Waals surface area contributed by atoms with Crippen LogP contribution in [0.25, 0.3) is 11.1 Å². The van der Waals surface area contributed by atoms with Gasteiger partial charge in [0.25, 0.3) is 0 Å². The molecule has 0 aliphatic carbocycles. The number of carbonyl (C=O) groups excluding carboxylic acids is 1. The molecule has 1 amide bonds. The van der Waals surface area contributed by atoms with E-state index in [-0.39, 0.29) is 18.3 Å². The van der Waals surface area contributed by atoms with Crippen LogP contribution < -0.4 is 14.8 Å². The summed E-state index contributed by atoms with van der Waals surface area (Å²) in [6.07, 6.45) is 0.252. The third-order valence-electron chi connectivity index (χ3n) is 3.74. The molecule has 0 radical (unpaired) electrons. The standard InChI is InChI=1S/C19H20N2O4S/c1-4-26-13-7-5-12(6-8-13)9-18(22)21-19-20-14-10-16(23-2)17(24-3)11-15(14)25-19/h5-8,10-11H,4,9H2,1-3H3,(H,20,21,22). The minimum atomic E-state index is -0.189. The predicted molar refractivity (Wildman–Crippen MR) is 102 cm³/mol. The molecule has 0 atom stereocenters. The normalized spacial score (nSPS) is 10.7. The third kappa shape index (κ3) is 4.11. The summed E-state index contributed by atoms with van der Waals surface area (Å²) in [5.41, 5.74) is 2.03. The maximum atomic E-state index is 12.2. The zero-order valence-corrected chi connectivity index (χ0v) is 15.7. The van der Waals surface area contributed by atoms with Crippen LogP contribution in [0.5, 0.6) is 11.5 Å². The van der Waals surface area contributed by atoms with Crippen molar-refractivity contribution in [1.82, 2.24) is 4.98 Å². The Morgan fingerprint density at radius 2 is 1.85 bits per heavy atom. The highest BCUT2D eigenvalue weighted by molar-refractivity contribution is 7.99. The van der Waals surface area contributed by atoms with Crippen molar-refractivity contribution in [2.45, 2.75) is 18.2 Å². The Morgan fingerprint density at radius 3 is 2.50 bits per heavy atom. The topological polar surface area (TPSA) is 73.6 Å². The average Bonchev–Trinajstić information content (AvgIpc) is 3.03. The molecule has 136 valence electrons. The number of amides is 1. The fraction of sp³-hybridized carbons (Fsp3) is 0.263. The van der Waals surface area contributed by atoms with Gasteiger partial charge in [-0.2, -0.15) is 4.98 Å². The van der Waals surface area contributed by atoms with Crippen molar-refractivity contribution in [3.05, 3.63) is 42.0 Å². The van der Waals surface area contributed by atoms with Gasteiger partial charge in [-0.1, -0.05) is 19.1 Å². The molecule has 3 rings (SSSR count). The van der Waals surface area contributed by atoms with Gasteiger partial charge >= 0.3 is 6.01 Å². The van der Waals surface area contributed by atoms with Gasteiger partial charge in [-0.05, 0) is 23.4 Å². The number of aromatic nitrogens is 1. The minimum Gasteiger partial charge on any atom is -0.493 e. The summed E-state index contributed by atoms with van der Waals surface area (Å²) in [6.45, 7) is 2.11. The molecule has 0 saturated carbocycles. The molecule has 0 aliphatic rings. The van der Waals surface area contributed by atoms with Gasteiger partial charge in [0.05, 0.1) is 20.6 Å². The lowest BCUT2D eigenvalue weighted by molar-refractivity contribution is -0.115. The molecule has 1 heterocycles. The molecular formula is C19H20N2O4S. The van der Waals surface area contributed by atoms with Crippen LogP contribution in [0, 0.1) is 0 Å². The van der Waals surface area contributed by atoms with Crippen LogP contribution in [-0.2, 0) is 11.2 Å². The number of hydrogen-bond acceptors (Lipinski definition) is 6. The summed E-state index contributed by atoms with van der Waals surface area (Å²) in [7, 11) is 3.10. The first-order chi connectivity index (χ1) is 12.6. The summed E-state index contributed by atoms with van der Waals surface area (Å²) in [6, 6.07) is 11.5. The lowest BCUT2D eigenvalue weighted by atomic mass is 10.1. The van der Waals surface area contributed by atoms with E-state index in [2.05, 4.69) is 17.2 Å². The molecule has 0 saturated heterocycles. The van der Waals surface area contributed by atoms with Crippen molar-refractivity contribution in [1.29, 1.82) is 0 Å². The van der Waals surface area contributed by atoms with Gasteiger partial charge in [0.2, 0.25) is 5.91 Å². The van der Waals surface area contributed by atoms with E-state index in [1.807, 2.05) is 24.3 Å². The monoisotopic (exact) mass is 372 g/mol. The Morgan fingerprint density at radius 1 is 1.15 bits per heavy atom. The van der Waals surface area contributed by atoms with Gasteiger partial charge in [0, 0.05) is 17.0 Å². The van der Waals surface area contributed by atoms with E-state index >= 15 is 0 Å². The number of nitrogens with one attached hydrogen (secondary N) is 1. The second-order valence-electron chi connectivity index (χ2n) is 5.50. The van der Waals surface area contributed by atoms with Crippen LogP contribution in [-0.4, -0.2) is 30.9 Å². The second-order valence-corrected chi connectivity index (χ2v) is 6.83. The fourth-order valence-corrected chi connectivity index (χ4v) is 3.19. The van der Waals surface area contributed by atoms with E-state index < -0.39 is 0 Å². The van der Waals surface area contributed by atoms with Crippen molar-refractivity contribution in [2.24, 2.45) is 0 Å². The zero-order valence-electron chi connectivity index (χ0n) is 14.9. The molecule has 1 aromatic heterocycles. The molecular weight excluding hydrogens is 352 g/mol.